The molecule has 2 heteroatoms. The number of benzene rings is 2. The summed E-state index contributed by atoms with van der Waals surface area (Å²) in [7, 11) is 0. The minimum atomic E-state index is 0.613. The van der Waals surface area contributed by atoms with Gasteiger partial charge in [-0.1, -0.05) is 38.1 Å². The van der Waals surface area contributed by atoms with E-state index < -0.39 is 0 Å². The molecule has 0 fully saturated rings. The Balaban J connectivity index is 2.11. The van der Waals surface area contributed by atoms with Crippen LogP contribution in [0.25, 0.3) is 0 Å². The average molecular weight is 243 g/mol. The van der Waals surface area contributed by atoms with Gasteiger partial charge < -0.3 is 5.32 Å². The summed E-state index contributed by atoms with van der Waals surface area (Å²) < 4.78 is 0. The standard InChI is InChI=1S/C15H17NS/c1-12(2)17-15-10-6-9-14(11-15)16-13-7-4-3-5-8-13/h3-12,16H,1-2H3. The second kappa shape index (κ2) is 5.78. The molecule has 88 valence electrons. The molecule has 0 aromatic heterocycles. The monoisotopic (exact) mass is 243 g/mol. The Labute approximate surface area is 107 Å². The predicted octanol–water partition coefficient (Wildman–Crippen LogP) is 4.93. The lowest BCUT2D eigenvalue weighted by Crippen LogP contribution is -1.91. The lowest BCUT2D eigenvalue weighted by Gasteiger charge is -2.09. The largest absolute Gasteiger partial charge is 0.355 e. The van der Waals surface area contributed by atoms with Gasteiger partial charge in [0.2, 0.25) is 0 Å². The number of anilines is 2. The molecule has 0 saturated carbocycles. The van der Waals surface area contributed by atoms with Crippen LogP contribution in [0.2, 0.25) is 0 Å². The van der Waals surface area contributed by atoms with Gasteiger partial charge in [-0.15, -0.1) is 11.8 Å². The normalized spacial score (nSPS) is 10.5. The van der Waals surface area contributed by atoms with Crippen molar-refractivity contribution < 1.29 is 0 Å². The van der Waals surface area contributed by atoms with Gasteiger partial charge in [0, 0.05) is 21.5 Å². The van der Waals surface area contributed by atoms with Crippen LogP contribution in [0.4, 0.5) is 11.4 Å². The first-order chi connectivity index (χ1) is 8.24. The molecule has 0 unspecified atom stereocenters. The Hall–Kier alpha value is -1.41. The Morgan fingerprint density at radius 1 is 0.882 bits per heavy atom. The number of hydrogen-bond donors (Lipinski definition) is 1. The van der Waals surface area contributed by atoms with Gasteiger partial charge in [0.1, 0.15) is 0 Å². The van der Waals surface area contributed by atoms with E-state index in [-0.39, 0.29) is 0 Å². The van der Waals surface area contributed by atoms with E-state index in [2.05, 4.69) is 55.6 Å². The van der Waals surface area contributed by atoms with Crippen molar-refractivity contribution in [3.05, 3.63) is 54.6 Å². The van der Waals surface area contributed by atoms with Crippen LogP contribution in [0.5, 0.6) is 0 Å². The Bertz CT molecular complexity index is 465. The molecule has 0 spiro atoms. The first kappa shape index (κ1) is 12.1. The third-order valence-corrected chi connectivity index (χ3v) is 3.27. The number of thioether (sulfide) groups is 1. The fourth-order valence-corrected chi connectivity index (χ4v) is 2.50. The highest BCUT2D eigenvalue weighted by molar-refractivity contribution is 7.99. The van der Waals surface area contributed by atoms with Gasteiger partial charge in [0.15, 0.2) is 0 Å². The van der Waals surface area contributed by atoms with Crippen molar-refractivity contribution in [2.45, 2.75) is 24.0 Å². The van der Waals surface area contributed by atoms with Crippen molar-refractivity contribution >= 4 is 23.1 Å². The fourth-order valence-electron chi connectivity index (χ4n) is 1.61. The molecule has 2 rings (SSSR count). The topological polar surface area (TPSA) is 12.0 Å². The van der Waals surface area contributed by atoms with Crippen molar-refractivity contribution in [2.75, 3.05) is 5.32 Å². The molecule has 0 atom stereocenters. The van der Waals surface area contributed by atoms with E-state index in [4.69, 9.17) is 0 Å². The van der Waals surface area contributed by atoms with Crippen LogP contribution in [0.3, 0.4) is 0 Å². The average Bonchev–Trinajstić information content (AvgIpc) is 2.30. The fraction of sp³-hybridized carbons (Fsp3) is 0.200. The summed E-state index contributed by atoms with van der Waals surface area (Å²) in [6, 6.07) is 18.8. The summed E-state index contributed by atoms with van der Waals surface area (Å²) in [5.41, 5.74) is 2.26. The second-order valence-electron chi connectivity index (χ2n) is 4.19. The predicted molar refractivity (Wildman–Crippen MR) is 77.2 cm³/mol. The molecular weight excluding hydrogens is 226 g/mol. The molecule has 0 aliphatic rings. The van der Waals surface area contributed by atoms with E-state index >= 15 is 0 Å². The van der Waals surface area contributed by atoms with Crippen LogP contribution in [-0.2, 0) is 0 Å². The van der Waals surface area contributed by atoms with E-state index in [0.29, 0.717) is 5.25 Å². The van der Waals surface area contributed by atoms with Crippen LogP contribution in [0.1, 0.15) is 13.8 Å². The zero-order valence-corrected chi connectivity index (χ0v) is 11.0. The maximum absolute atomic E-state index is 3.40. The van der Waals surface area contributed by atoms with Crippen molar-refractivity contribution in [1.29, 1.82) is 0 Å². The van der Waals surface area contributed by atoms with Crippen molar-refractivity contribution in [1.82, 2.24) is 0 Å². The number of nitrogens with one attached hydrogen (secondary N) is 1. The third kappa shape index (κ3) is 3.82. The molecular formula is C15H17NS. The molecule has 0 aliphatic carbocycles. The van der Waals surface area contributed by atoms with E-state index in [1.807, 2.05) is 30.0 Å². The van der Waals surface area contributed by atoms with Crippen molar-refractivity contribution in [2.24, 2.45) is 0 Å². The highest BCUT2D eigenvalue weighted by Crippen LogP contribution is 2.26. The lowest BCUT2D eigenvalue weighted by molar-refractivity contribution is 1.11. The highest BCUT2D eigenvalue weighted by atomic mass is 32.2. The molecule has 0 radical (unpaired) electrons. The zero-order valence-electron chi connectivity index (χ0n) is 10.2. The molecule has 2 aromatic carbocycles. The maximum atomic E-state index is 3.40. The van der Waals surface area contributed by atoms with Gasteiger partial charge in [-0.2, -0.15) is 0 Å². The van der Waals surface area contributed by atoms with E-state index in [9.17, 15) is 0 Å². The molecule has 0 saturated heterocycles. The summed E-state index contributed by atoms with van der Waals surface area (Å²) in [6.07, 6.45) is 0. The second-order valence-corrected chi connectivity index (χ2v) is 5.84. The molecule has 0 aliphatic heterocycles. The summed E-state index contributed by atoms with van der Waals surface area (Å²) >= 11 is 1.88. The molecule has 2 aromatic rings. The number of hydrogen-bond acceptors (Lipinski definition) is 2. The van der Waals surface area contributed by atoms with Gasteiger partial charge in [-0.05, 0) is 30.3 Å². The summed E-state index contributed by atoms with van der Waals surface area (Å²) in [6.45, 7) is 4.42. The first-order valence-electron chi connectivity index (χ1n) is 5.83. The molecule has 1 N–H and O–H groups in total. The Kier molecular flexibility index (Phi) is 4.10. The minimum Gasteiger partial charge on any atom is -0.355 e. The van der Waals surface area contributed by atoms with Gasteiger partial charge >= 0.3 is 0 Å². The number of rotatable bonds is 4. The minimum absolute atomic E-state index is 0.613. The van der Waals surface area contributed by atoms with Gasteiger partial charge in [0.05, 0.1) is 0 Å². The SMILES string of the molecule is CC(C)Sc1cccc(Nc2ccccc2)c1. The maximum Gasteiger partial charge on any atom is 0.0395 e. The quantitative estimate of drug-likeness (QED) is 0.764. The number of para-hydroxylation sites is 1. The summed E-state index contributed by atoms with van der Waals surface area (Å²) in [5, 5.41) is 4.02. The summed E-state index contributed by atoms with van der Waals surface area (Å²) in [5.74, 6) is 0. The van der Waals surface area contributed by atoms with Crippen LogP contribution in [0, 0.1) is 0 Å². The molecule has 0 amide bonds. The third-order valence-electron chi connectivity index (χ3n) is 2.27. The smallest absolute Gasteiger partial charge is 0.0395 e. The molecule has 17 heavy (non-hydrogen) atoms. The molecule has 0 bridgehead atoms. The van der Waals surface area contributed by atoms with Crippen molar-refractivity contribution in [3.63, 3.8) is 0 Å². The van der Waals surface area contributed by atoms with E-state index in [1.54, 1.807) is 0 Å². The van der Waals surface area contributed by atoms with Crippen LogP contribution in [0.15, 0.2) is 59.5 Å². The van der Waals surface area contributed by atoms with Crippen LogP contribution >= 0.6 is 11.8 Å². The Morgan fingerprint density at radius 3 is 2.29 bits per heavy atom. The van der Waals surface area contributed by atoms with Crippen molar-refractivity contribution in [3.8, 4) is 0 Å². The van der Waals surface area contributed by atoms with Crippen LogP contribution < -0.4 is 5.32 Å². The zero-order chi connectivity index (χ0) is 12.1. The lowest BCUT2D eigenvalue weighted by atomic mass is 10.3. The highest BCUT2D eigenvalue weighted by Gasteiger charge is 2.00. The molecule has 0 heterocycles. The van der Waals surface area contributed by atoms with E-state index in [0.717, 1.165) is 11.4 Å². The molecule has 1 nitrogen and oxygen atoms in total. The van der Waals surface area contributed by atoms with E-state index in [1.165, 1.54) is 4.90 Å². The van der Waals surface area contributed by atoms with Gasteiger partial charge in [0.25, 0.3) is 0 Å². The Morgan fingerprint density at radius 2 is 1.59 bits per heavy atom. The van der Waals surface area contributed by atoms with Crippen LogP contribution in [-0.4, -0.2) is 5.25 Å². The van der Waals surface area contributed by atoms with Gasteiger partial charge in [-0.25, -0.2) is 0 Å². The van der Waals surface area contributed by atoms with Gasteiger partial charge in [-0.3, -0.25) is 0 Å². The summed E-state index contributed by atoms with van der Waals surface area (Å²) in [4.78, 5) is 1.31. The first-order valence-corrected chi connectivity index (χ1v) is 6.71.